The Balaban J connectivity index is 1.68. The van der Waals surface area contributed by atoms with Gasteiger partial charge >= 0.3 is 6.09 Å². The number of hydrogen-bond donors (Lipinski definition) is 5. The van der Waals surface area contributed by atoms with Crippen molar-refractivity contribution in [1.29, 1.82) is 0 Å². The van der Waals surface area contributed by atoms with Crippen LogP contribution in [0.3, 0.4) is 0 Å². The lowest BCUT2D eigenvalue weighted by Gasteiger charge is -2.35. The van der Waals surface area contributed by atoms with Crippen molar-refractivity contribution in [2.45, 2.75) is 116 Å². The molecule has 6 N–H and O–H groups in total. The van der Waals surface area contributed by atoms with Crippen molar-refractivity contribution < 1.29 is 38.3 Å². The fraction of sp³-hybridized carbons (Fsp3) is 0.629. The number of carbonyl (C=O) groups is 7. The highest BCUT2D eigenvalue weighted by Gasteiger charge is 2.44. The molecule has 1 aliphatic carbocycles. The van der Waals surface area contributed by atoms with Crippen molar-refractivity contribution in [3.63, 3.8) is 0 Å². The molecule has 1 aromatic carbocycles. The number of nitrogens with zero attached hydrogens (tertiary/aromatic N) is 1. The number of Topliss-reactive ketones (excluding diaryl/α,β-unsaturated/α-hetero) is 1. The lowest BCUT2D eigenvalue weighted by Crippen LogP contribution is -2.58. The summed E-state index contributed by atoms with van der Waals surface area (Å²) in [4.78, 5) is 92.6. The van der Waals surface area contributed by atoms with Crippen molar-refractivity contribution >= 4 is 41.4 Å². The van der Waals surface area contributed by atoms with Crippen molar-refractivity contribution in [2.24, 2.45) is 17.6 Å². The van der Waals surface area contributed by atoms with Gasteiger partial charge < -0.3 is 36.6 Å². The number of ether oxygens (including phenoxy) is 1. The zero-order valence-electron chi connectivity index (χ0n) is 29.2. The molecule has 1 aromatic rings. The molecular formula is C35H52N6O8. The highest BCUT2D eigenvalue weighted by Crippen LogP contribution is 2.31. The topological polar surface area (TPSA) is 206 Å². The van der Waals surface area contributed by atoms with Crippen LogP contribution in [0.15, 0.2) is 30.3 Å². The first-order valence-corrected chi connectivity index (χ1v) is 17.2. The van der Waals surface area contributed by atoms with Crippen LogP contribution in [0.5, 0.6) is 0 Å². The summed E-state index contributed by atoms with van der Waals surface area (Å²) in [7, 11) is 0. The molecule has 1 saturated carbocycles. The van der Waals surface area contributed by atoms with E-state index in [2.05, 4.69) is 21.3 Å². The second kappa shape index (κ2) is 17.8. The molecular weight excluding hydrogens is 632 g/mol. The van der Waals surface area contributed by atoms with Gasteiger partial charge in [0, 0.05) is 6.54 Å². The van der Waals surface area contributed by atoms with E-state index in [-0.39, 0.29) is 30.7 Å². The number of primary amides is 1. The van der Waals surface area contributed by atoms with Gasteiger partial charge in [-0.2, -0.15) is 0 Å². The van der Waals surface area contributed by atoms with E-state index < -0.39 is 71.8 Å². The summed E-state index contributed by atoms with van der Waals surface area (Å²) in [5.41, 5.74) is 5.13. The minimum absolute atomic E-state index is 0.0320. The molecule has 1 heterocycles. The van der Waals surface area contributed by atoms with E-state index >= 15 is 0 Å². The van der Waals surface area contributed by atoms with Crippen LogP contribution in [-0.2, 0) is 33.5 Å². The van der Waals surface area contributed by atoms with Crippen molar-refractivity contribution in [1.82, 2.24) is 26.2 Å². The van der Waals surface area contributed by atoms with Crippen molar-refractivity contribution in [3.05, 3.63) is 35.9 Å². The van der Waals surface area contributed by atoms with E-state index in [1.165, 1.54) is 4.90 Å². The Morgan fingerprint density at radius 3 is 2.20 bits per heavy atom. The number of rotatable bonds is 14. The van der Waals surface area contributed by atoms with Gasteiger partial charge in [0.1, 0.15) is 23.7 Å². The summed E-state index contributed by atoms with van der Waals surface area (Å²) < 4.78 is 5.46. The molecule has 0 aromatic heterocycles. The Labute approximate surface area is 288 Å². The highest BCUT2D eigenvalue weighted by molar-refractivity contribution is 6.38. The SMILES string of the molecule is CCCC(NC(=O)[C@@H]1C[C@@H](C)CN1C(=O)[C@@H](NC(=O)OC(C)(C)C)C1CCCCC1)C(=O)C(=O)NCC(=O)N[C@H](C(N)=O)c1ccccc1. The fourth-order valence-corrected chi connectivity index (χ4v) is 6.41. The normalized spacial score (nSPS) is 19.9. The van der Waals surface area contributed by atoms with Crippen molar-refractivity contribution in [2.75, 3.05) is 13.1 Å². The molecule has 14 nitrogen and oxygen atoms in total. The van der Waals surface area contributed by atoms with Gasteiger partial charge in [0.05, 0.1) is 12.6 Å². The zero-order chi connectivity index (χ0) is 36.3. The molecule has 0 radical (unpaired) electrons. The molecule has 6 amide bonds. The summed E-state index contributed by atoms with van der Waals surface area (Å²) in [5.74, 6) is -4.69. The van der Waals surface area contributed by atoms with E-state index in [0.29, 0.717) is 18.4 Å². The minimum atomic E-state index is -1.20. The van der Waals surface area contributed by atoms with Gasteiger partial charge in [-0.05, 0) is 63.9 Å². The molecule has 0 bridgehead atoms. The predicted octanol–water partition coefficient (Wildman–Crippen LogP) is 2.01. The number of amides is 6. The summed E-state index contributed by atoms with van der Waals surface area (Å²) in [6, 6.07) is 4.19. The average molecular weight is 685 g/mol. The molecule has 0 spiro atoms. The molecule has 49 heavy (non-hydrogen) atoms. The third-order valence-electron chi connectivity index (χ3n) is 8.72. The number of benzene rings is 1. The number of hydrogen-bond acceptors (Lipinski definition) is 8. The average Bonchev–Trinajstić information content (AvgIpc) is 3.45. The summed E-state index contributed by atoms with van der Waals surface area (Å²) in [5, 5.41) is 10.2. The number of alkyl carbamates (subject to hydrolysis) is 1. The Hall–Kier alpha value is -4.49. The Kier molecular flexibility index (Phi) is 14.1. The number of nitrogens with two attached hydrogens (primary N) is 1. The summed E-state index contributed by atoms with van der Waals surface area (Å²) in [6.45, 7) is 8.59. The van der Waals surface area contributed by atoms with Gasteiger partial charge in [-0.1, -0.05) is 69.9 Å². The first-order valence-electron chi connectivity index (χ1n) is 17.2. The minimum Gasteiger partial charge on any atom is -0.444 e. The van der Waals surface area contributed by atoms with Crippen LogP contribution in [0.25, 0.3) is 0 Å². The second-order valence-electron chi connectivity index (χ2n) is 14.1. The maximum atomic E-state index is 14.1. The third kappa shape index (κ3) is 11.6. The van der Waals surface area contributed by atoms with Crippen LogP contribution >= 0.6 is 0 Å². The molecule has 1 saturated heterocycles. The predicted molar refractivity (Wildman–Crippen MR) is 180 cm³/mol. The van der Waals surface area contributed by atoms with E-state index in [4.69, 9.17) is 10.5 Å². The van der Waals surface area contributed by atoms with Gasteiger partial charge in [-0.25, -0.2) is 4.79 Å². The third-order valence-corrected chi connectivity index (χ3v) is 8.72. The van der Waals surface area contributed by atoms with Gasteiger partial charge in [-0.15, -0.1) is 0 Å². The smallest absolute Gasteiger partial charge is 0.408 e. The largest absolute Gasteiger partial charge is 0.444 e. The first kappa shape index (κ1) is 39.0. The van der Waals surface area contributed by atoms with Gasteiger partial charge in [-0.3, -0.25) is 28.8 Å². The Morgan fingerprint density at radius 1 is 0.959 bits per heavy atom. The number of carbonyl (C=O) groups excluding carboxylic acids is 7. The van der Waals surface area contributed by atoms with Crippen LogP contribution in [0.2, 0.25) is 0 Å². The number of ketones is 1. The maximum Gasteiger partial charge on any atom is 0.408 e. The Bertz CT molecular complexity index is 1360. The van der Waals surface area contributed by atoms with Crippen molar-refractivity contribution in [3.8, 4) is 0 Å². The Morgan fingerprint density at radius 2 is 1.61 bits per heavy atom. The van der Waals surface area contributed by atoms with Crippen LogP contribution < -0.4 is 27.0 Å². The van der Waals surface area contributed by atoms with Crippen LogP contribution in [0, 0.1) is 11.8 Å². The molecule has 1 aliphatic heterocycles. The number of nitrogens with one attached hydrogen (secondary N) is 4. The second-order valence-corrected chi connectivity index (χ2v) is 14.1. The quantitative estimate of drug-likeness (QED) is 0.183. The van der Waals surface area contributed by atoms with E-state index in [1.54, 1.807) is 58.0 Å². The molecule has 14 heteroatoms. The molecule has 270 valence electrons. The number of likely N-dealkylation sites (tertiary alicyclic amines) is 1. The molecule has 2 aliphatic rings. The van der Waals surface area contributed by atoms with E-state index in [9.17, 15) is 33.6 Å². The van der Waals surface area contributed by atoms with E-state index in [1.807, 2.05) is 6.92 Å². The van der Waals surface area contributed by atoms with Crippen LogP contribution in [0.4, 0.5) is 4.79 Å². The summed E-state index contributed by atoms with van der Waals surface area (Å²) >= 11 is 0. The van der Waals surface area contributed by atoms with Gasteiger partial charge in [0.15, 0.2) is 0 Å². The van der Waals surface area contributed by atoms with Crippen LogP contribution in [0.1, 0.15) is 97.6 Å². The molecule has 3 rings (SSSR count). The zero-order valence-corrected chi connectivity index (χ0v) is 29.2. The first-order chi connectivity index (χ1) is 23.1. The highest BCUT2D eigenvalue weighted by atomic mass is 16.6. The standard InChI is InChI=1S/C35H52N6O8/c1-6-13-24(29(43)32(46)37-19-26(42)39-27(30(36)44)22-14-9-7-10-15-22)38-31(45)25-18-21(2)20-41(25)33(47)28(23-16-11-8-12-17-23)40-34(48)49-35(3,4)5/h7,9-10,14-15,21,23-25,27-28H,6,8,11-13,16-20H2,1-5H3,(H2,36,44)(H,37,46)(H,38,45)(H,39,42)(H,40,48)/t21-,24?,25+,27+,28+/m1/s1. The molecule has 1 unspecified atom stereocenters. The van der Waals surface area contributed by atoms with E-state index in [0.717, 1.165) is 32.1 Å². The lowest BCUT2D eigenvalue weighted by molar-refractivity contribution is -0.143. The molecule has 5 atom stereocenters. The van der Waals surface area contributed by atoms with Gasteiger partial charge in [0.25, 0.3) is 5.91 Å². The monoisotopic (exact) mass is 684 g/mol. The molecule has 2 fully saturated rings. The fourth-order valence-electron chi connectivity index (χ4n) is 6.41. The summed E-state index contributed by atoms with van der Waals surface area (Å²) in [6.07, 6.45) is 4.62. The lowest BCUT2D eigenvalue weighted by atomic mass is 9.83. The maximum absolute atomic E-state index is 14.1. The van der Waals surface area contributed by atoms with Crippen LogP contribution in [-0.4, -0.2) is 83.1 Å². The van der Waals surface area contributed by atoms with Gasteiger partial charge in [0.2, 0.25) is 29.4 Å².